The molecule has 0 atom stereocenters. The van der Waals surface area contributed by atoms with Crippen molar-refractivity contribution in [2.24, 2.45) is 0 Å². The van der Waals surface area contributed by atoms with Gasteiger partial charge in [-0.1, -0.05) is 23.7 Å². The molecule has 3 aromatic carbocycles. The minimum atomic E-state index is -0.260. The molecule has 0 fully saturated rings. The van der Waals surface area contributed by atoms with Crippen LogP contribution < -0.4 is 14.8 Å². The molecular weight excluding hydrogens is 404 g/mol. The third-order valence-corrected chi connectivity index (χ3v) is 4.99. The fourth-order valence-corrected chi connectivity index (χ4v) is 3.37. The zero-order chi connectivity index (χ0) is 21.3. The number of ether oxygens (including phenoxy) is 2. The minimum absolute atomic E-state index is 0.260. The molecule has 1 aromatic heterocycles. The van der Waals surface area contributed by atoms with E-state index in [1.807, 2.05) is 25.1 Å². The Kier molecular flexibility index (Phi) is 5.29. The summed E-state index contributed by atoms with van der Waals surface area (Å²) in [5.41, 5.74) is 4.02. The van der Waals surface area contributed by atoms with Crippen LogP contribution in [0.1, 0.15) is 15.9 Å². The number of carbonyl (C=O) groups excluding carboxylic acids is 1. The minimum Gasteiger partial charge on any atom is -0.496 e. The third-order valence-electron chi connectivity index (χ3n) is 4.69. The number of fused-ring (bicyclic) bond motifs is 1. The molecule has 7 nitrogen and oxygen atoms in total. The highest BCUT2D eigenvalue weighted by Gasteiger charge is 2.15. The van der Waals surface area contributed by atoms with E-state index in [1.54, 1.807) is 43.5 Å². The van der Waals surface area contributed by atoms with E-state index in [1.165, 1.54) is 11.9 Å². The first-order valence-corrected chi connectivity index (χ1v) is 9.54. The number of hydrogen-bond acceptors (Lipinski definition) is 5. The molecule has 0 radical (unpaired) electrons. The molecule has 1 heterocycles. The van der Waals surface area contributed by atoms with E-state index in [9.17, 15) is 4.79 Å². The maximum atomic E-state index is 12.7. The highest BCUT2D eigenvalue weighted by molar-refractivity contribution is 6.32. The Hall–Kier alpha value is -3.58. The van der Waals surface area contributed by atoms with Crippen LogP contribution in [0.5, 0.6) is 11.5 Å². The average molecular weight is 423 g/mol. The van der Waals surface area contributed by atoms with Crippen LogP contribution >= 0.6 is 11.6 Å². The van der Waals surface area contributed by atoms with Crippen LogP contribution in [0.25, 0.3) is 16.7 Å². The summed E-state index contributed by atoms with van der Waals surface area (Å²) in [4.78, 5) is 14.2. The Bertz CT molecular complexity index is 1250. The van der Waals surface area contributed by atoms with Crippen LogP contribution in [-0.2, 0) is 0 Å². The van der Waals surface area contributed by atoms with Gasteiger partial charge in [-0.2, -0.15) is 4.80 Å². The summed E-state index contributed by atoms with van der Waals surface area (Å²) < 4.78 is 10.5. The molecule has 0 bridgehead atoms. The molecule has 0 aliphatic heterocycles. The first kappa shape index (κ1) is 19.7. The van der Waals surface area contributed by atoms with Gasteiger partial charge in [0.15, 0.2) is 0 Å². The molecule has 1 amide bonds. The van der Waals surface area contributed by atoms with E-state index in [0.29, 0.717) is 44.5 Å². The van der Waals surface area contributed by atoms with Crippen LogP contribution in [0.2, 0.25) is 5.02 Å². The average Bonchev–Trinajstić information content (AvgIpc) is 3.16. The van der Waals surface area contributed by atoms with Crippen molar-refractivity contribution in [3.8, 4) is 17.2 Å². The molecule has 1 N–H and O–H groups in total. The number of nitrogens with zero attached hydrogens (tertiary/aromatic N) is 3. The zero-order valence-electron chi connectivity index (χ0n) is 16.6. The van der Waals surface area contributed by atoms with E-state index in [4.69, 9.17) is 21.1 Å². The van der Waals surface area contributed by atoms with Crippen molar-refractivity contribution in [1.29, 1.82) is 0 Å². The second-order valence-electron chi connectivity index (χ2n) is 6.62. The Morgan fingerprint density at radius 1 is 0.967 bits per heavy atom. The molecule has 0 aliphatic carbocycles. The van der Waals surface area contributed by atoms with Crippen LogP contribution in [0, 0.1) is 6.92 Å². The summed E-state index contributed by atoms with van der Waals surface area (Å²) in [6.45, 7) is 1.90. The van der Waals surface area contributed by atoms with Crippen molar-refractivity contribution >= 4 is 34.2 Å². The quantitative estimate of drug-likeness (QED) is 0.506. The number of halogens is 1. The van der Waals surface area contributed by atoms with Crippen LogP contribution in [0.15, 0.2) is 54.6 Å². The van der Waals surface area contributed by atoms with Crippen molar-refractivity contribution in [2.45, 2.75) is 6.92 Å². The number of methoxy groups -OCH3 is 2. The SMILES string of the molecule is COc1ccc(-n2nc3cc(C)c(NC(=O)c4ccccc4OC)cc3n2)cc1Cl. The van der Waals surface area contributed by atoms with Gasteiger partial charge in [0.05, 0.1) is 30.5 Å². The predicted molar refractivity (Wildman–Crippen MR) is 116 cm³/mol. The lowest BCUT2D eigenvalue weighted by molar-refractivity contribution is 0.102. The molecule has 0 saturated carbocycles. The van der Waals surface area contributed by atoms with Gasteiger partial charge in [-0.25, -0.2) is 0 Å². The van der Waals surface area contributed by atoms with E-state index < -0.39 is 0 Å². The first-order valence-electron chi connectivity index (χ1n) is 9.16. The normalized spacial score (nSPS) is 10.8. The highest BCUT2D eigenvalue weighted by atomic mass is 35.5. The fourth-order valence-electron chi connectivity index (χ4n) is 3.12. The van der Waals surface area contributed by atoms with E-state index in [0.717, 1.165) is 5.56 Å². The van der Waals surface area contributed by atoms with Gasteiger partial charge in [0.2, 0.25) is 0 Å². The summed E-state index contributed by atoms with van der Waals surface area (Å²) in [6, 6.07) is 16.1. The van der Waals surface area contributed by atoms with Gasteiger partial charge in [0.25, 0.3) is 5.91 Å². The van der Waals surface area contributed by atoms with Gasteiger partial charge in [0.1, 0.15) is 22.5 Å². The molecule has 4 aromatic rings. The number of benzene rings is 3. The maximum Gasteiger partial charge on any atom is 0.259 e. The summed E-state index contributed by atoms with van der Waals surface area (Å²) in [7, 11) is 3.10. The van der Waals surface area contributed by atoms with E-state index in [2.05, 4.69) is 15.5 Å². The third kappa shape index (κ3) is 3.67. The lowest BCUT2D eigenvalue weighted by atomic mass is 10.1. The molecule has 8 heteroatoms. The number of nitrogens with one attached hydrogen (secondary N) is 1. The molecular formula is C22H19ClN4O3. The van der Waals surface area contributed by atoms with Crippen LogP contribution in [-0.4, -0.2) is 35.1 Å². The number of hydrogen-bond donors (Lipinski definition) is 1. The molecule has 152 valence electrons. The molecule has 0 aliphatic rings. The van der Waals surface area contributed by atoms with Gasteiger partial charge >= 0.3 is 0 Å². The molecule has 0 unspecified atom stereocenters. The Labute approximate surface area is 178 Å². The molecule has 0 saturated heterocycles. The number of aryl methyl sites for hydroxylation is 1. The van der Waals surface area contributed by atoms with E-state index in [-0.39, 0.29) is 5.91 Å². The van der Waals surface area contributed by atoms with Gasteiger partial charge in [-0.05, 0) is 55.0 Å². The topological polar surface area (TPSA) is 78.3 Å². The first-order chi connectivity index (χ1) is 14.5. The number of carbonyl (C=O) groups is 1. The van der Waals surface area contributed by atoms with Gasteiger partial charge in [0, 0.05) is 5.69 Å². The molecule has 4 rings (SSSR count). The molecule has 0 spiro atoms. The van der Waals surface area contributed by atoms with Crippen molar-refractivity contribution < 1.29 is 14.3 Å². The second-order valence-corrected chi connectivity index (χ2v) is 7.03. The summed E-state index contributed by atoms with van der Waals surface area (Å²) in [6.07, 6.45) is 0. The smallest absolute Gasteiger partial charge is 0.259 e. The number of aromatic nitrogens is 3. The van der Waals surface area contributed by atoms with Gasteiger partial charge in [-0.15, -0.1) is 10.2 Å². The Balaban J connectivity index is 1.67. The zero-order valence-corrected chi connectivity index (χ0v) is 17.4. The monoisotopic (exact) mass is 422 g/mol. The van der Waals surface area contributed by atoms with Crippen molar-refractivity contribution in [3.63, 3.8) is 0 Å². The van der Waals surface area contributed by atoms with Crippen LogP contribution in [0.3, 0.4) is 0 Å². The Morgan fingerprint density at radius 3 is 2.37 bits per heavy atom. The summed E-state index contributed by atoms with van der Waals surface area (Å²) in [5, 5.41) is 12.4. The van der Waals surface area contributed by atoms with Crippen molar-refractivity contribution in [1.82, 2.24) is 15.0 Å². The maximum absolute atomic E-state index is 12.7. The Morgan fingerprint density at radius 2 is 1.67 bits per heavy atom. The predicted octanol–water partition coefficient (Wildman–Crippen LogP) is 4.65. The number of para-hydroxylation sites is 1. The highest BCUT2D eigenvalue weighted by Crippen LogP contribution is 2.28. The molecule has 30 heavy (non-hydrogen) atoms. The van der Waals surface area contributed by atoms with Gasteiger partial charge in [-0.3, -0.25) is 4.79 Å². The number of amides is 1. The van der Waals surface area contributed by atoms with Crippen molar-refractivity contribution in [2.75, 3.05) is 19.5 Å². The number of anilines is 1. The second kappa shape index (κ2) is 8.04. The summed E-state index contributed by atoms with van der Waals surface area (Å²) >= 11 is 6.22. The van der Waals surface area contributed by atoms with E-state index >= 15 is 0 Å². The summed E-state index contributed by atoms with van der Waals surface area (Å²) in [5.74, 6) is 0.828. The number of rotatable bonds is 5. The van der Waals surface area contributed by atoms with Gasteiger partial charge < -0.3 is 14.8 Å². The van der Waals surface area contributed by atoms with Crippen LogP contribution in [0.4, 0.5) is 5.69 Å². The lowest BCUT2D eigenvalue weighted by Crippen LogP contribution is -2.13. The lowest BCUT2D eigenvalue weighted by Gasteiger charge is -2.10. The standard InChI is InChI=1S/C22H19ClN4O3/c1-13-10-18-19(26-27(25-18)14-8-9-21(30-3)16(23)11-14)12-17(13)24-22(28)15-6-4-5-7-20(15)29-2/h4-12H,1-3H3,(H,24,28). The van der Waals surface area contributed by atoms with Crippen molar-refractivity contribution in [3.05, 3.63) is 70.7 Å². The fraction of sp³-hybridized carbons (Fsp3) is 0.136. The largest absolute Gasteiger partial charge is 0.496 e.